The third-order valence-corrected chi connectivity index (χ3v) is 3.36. The number of hydrogen-bond acceptors (Lipinski definition) is 3. The first-order valence-corrected chi connectivity index (χ1v) is 7.32. The minimum Gasteiger partial charge on any atom is -0.444 e. The lowest BCUT2D eigenvalue weighted by Crippen LogP contribution is -2.18. The number of carbonyl (C=O) groups is 1. The molecule has 0 radical (unpaired) electrons. The zero-order valence-electron chi connectivity index (χ0n) is 13.2. The maximum Gasteiger partial charge on any atom is 0.419 e. The SMILES string of the molecule is C[C@@H](N)c1cc(NC(=O)OCc2ccccc2)cc(C(F)(F)F)c1F. The molecule has 0 spiro atoms. The van der Waals surface area contributed by atoms with Gasteiger partial charge in [0.05, 0.1) is 5.56 Å². The Morgan fingerprint density at radius 2 is 1.88 bits per heavy atom. The molecule has 1 amide bonds. The van der Waals surface area contributed by atoms with E-state index in [9.17, 15) is 22.4 Å². The van der Waals surface area contributed by atoms with Crippen molar-refractivity contribution < 1.29 is 27.1 Å². The van der Waals surface area contributed by atoms with E-state index in [0.29, 0.717) is 11.6 Å². The molecular formula is C17H16F4N2O2. The second-order valence-corrected chi connectivity index (χ2v) is 5.40. The largest absolute Gasteiger partial charge is 0.444 e. The van der Waals surface area contributed by atoms with E-state index < -0.39 is 29.7 Å². The van der Waals surface area contributed by atoms with E-state index in [1.807, 2.05) is 0 Å². The van der Waals surface area contributed by atoms with Crippen molar-refractivity contribution >= 4 is 11.8 Å². The van der Waals surface area contributed by atoms with Gasteiger partial charge >= 0.3 is 12.3 Å². The van der Waals surface area contributed by atoms with Gasteiger partial charge in [0.1, 0.15) is 12.4 Å². The van der Waals surface area contributed by atoms with Gasteiger partial charge in [0.2, 0.25) is 0 Å². The number of hydrogen-bond donors (Lipinski definition) is 2. The standard InChI is InChI=1S/C17H16F4N2O2/c1-10(22)13-7-12(8-14(15(13)18)17(19,20)21)23-16(24)25-9-11-5-3-2-4-6-11/h2-8,10H,9,22H2,1H3,(H,23,24)/t10-/m1/s1. The van der Waals surface area contributed by atoms with E-state index in [1.54, 1.807) is 30.3 Å². The van der Waals surface area contributed by atoms with E-state index in [0.717, 1.165) is 6.07 Å². The van der Waals surface area contributed by atoms with Crippen molar-refractivity contribution in [2.75, 3.05) is 5.32 Å². The molecule has 134 valence electrons. The first-order valence-electron chi connectivity index (χ1n) is 7.32. The van der Waals surface area contributed by atoms with Gasteiger partial charge < -0.3 is 10.5 Å². The predicted octanol–water partition coefficient (Wildman–Crippen LogP) is 4.61. The molecule has 25 heavy (non-hydrogen) atoms. The van der Waals surface area contributed by atoms with Crippen LogP contribution in [-0.4, -0.2) is 6.09 Å². The van der Waals surface area contributed by atoms with Crippen LogP contribution in [0.2, 0.25) is 0 Å². The highest BCUT2D eigenvalue weighted by atomic mass is 19.4. The molecule has 0 unspecified atom stereocenters. The molecule has 8 heteroatoms. The monoisotopic (exact) mass is 356 g/mol. The highest BCUT2D eigenvalue weighted by Gasteiger charge is 2.36. The lowest BCUT2D eigenvalue weighted by Gasteiger charge is -2.16. The van der Waals surface area contributed by atoms with Crippen LogP contribution in [0.1, 0.15) is 29.7 Å². The molecule has 0 fully saturated rings. The van der Waals surface area contributed by atoms with Crippen molar-refractivity contribution in [2.45, 2.75) is 25.7 Å². The minimum atomic E-state index is -4.92. The summed E-state index contributed by atoms with van der Waals surface area (Å²) in [6, 6.07) is 9.31. The number of carbonyl (C=O) groups excluding carboxylic acids is 1. The Bertz CT molecular complexity index is 746. The molecule has 2 aromatic rings. The zero-order valence-corrected chi connectivity index (χ0v) is 13.2. The highest BCUT2D eigenvalue weighted by Crippen LogP contribution is 2.36. The van der Waals surface area contributed by atoms with Crippen LogP contribution < -0.4 is 11.1 Å². The molecule has 2 aromatic carbocycles. The van der Waals surface area contributed by atoms with Crippen molar-refractivity contribution in [1.82, 2.24) is 0 Å². The summed E-state index contributed by atoms with van der Waals surface area (Å²) in [7, 11) is 0. The fourth-order valence-corrected chi connectivity index (χ4v) is 2.13. The van der Waals surface area contributed by atoms with Crippen LogP contribution in [-0.2, 0) is 17.5 Å². The summed E-state index contributed by atoms with van der Waals surface area (Å²) in [5.74, 6) is -1.45. The van der Waals surface area contributed by atoms with E-state index >= 15 is 0 Å². The van der Waals surface area contributed by atoms with Gasteiger partial charge in [-0.25, -0.2) is 9.18 Å². The topological polar surface area (TPSA) is 64.3 Å². The minimum absolute atomic E-state index is 0.0554. The smallest absolute Gasteiger partial charge is 0.419 e. The van der Waals surface area contributed by atoms with Crippen molar-refractivity contribution in [1.29, 1.82) is 0 Å². The molecule has 0 aliphatic rings. The highest BCUT2D eigenvalue weighted by molar-refractivity contribution is 5.85. The average Bonchev–Trinajstić information content (AvgIpc) is 2.54. The summed E-state index contributed by atoms with van der Waals surface area (Å²) in [5, 5.41) is 2.16. The number of halogens is 4. The number of rotatable bonds is 4. The fourth-order valence-electron chi connectivity index (χ4n) is 2.13. The molecule has 0 saturated carbocycles. The van der Waals surface area contributed by atoms with Crippen molar-refractivity contribution in [3.05, 3.63) is 65.0 Å². The number of nitrogens with two attached hydrogens (primary N) is 1. The summed E-state index contributed by atoms with van der Waals surface area (Å²) >= 11 is 0. The van der Waals surface area contributed by atoms with E-state index in [1.165, 1.54) is 6.92 Å². The summed E-state index contributed by atoms with van der Waals surface area (Å²) in [6.07, 6.45) is -5.88. The van der Waals surface area contributed by atoms with Gasteiger partial charge in [-0.15, -0.1) is 0 Å². The van der Waals surface area contributed by atoms with Crippen LogP contribution in [0.4, 0.5) is 28.0 Å². The lowest BCUT2D eigenvalue weighted by molar-refractivity contribution is -0.140. The second-order valence-electron chi connectivity index (χ2n) is 5.40. The first-order chi connectivity index (χ1) is 11.7. The third-order valence-electron chi connectivity index (χ3n) is 3.36. The van der Waals surface area contributed by atoms with E-state index in [4.69, 9.17) is 10.5 Å². The number of amides is 1. The van der Waals surface area contributed by atoms with Gasteiger partial charge in [0, 0.05) is 17.3 Å². The van der Waals surface area contributed by atoms with Crippen molar-refractivity contribution in [3.63, 3.8) is 0 Å². The number of benzene rings is 2. The van der Waals surface area contributed by atoms with Crippen LogP contribution in [0.3, 0.4) is 0 Å². The Balaban J connectivity index is 2.18. The number of nitrogens with one attached hydrogen (secondary N) is 1. The Morgan fingerprint density at radius 3 is 2.44 bits per heavy atom. The molecule has 3 N–H and O–H groups in total. The van der Waals surface area contributed by atoms with Gasteiger partial charge in [-0.1, -0.05) is 30.3 Å². The van der Waals surface area contributed by atoms with Crippen molar-refractivity contribution in [3.8, 4) is 0 Å². The zero-order chi connectivity index (χ0) is 18.6. The average molecular weight is 356 g/mol. The number of anilines is 1. The van der Waals surface area contributed by atoms with Gasteiger partial charge in [-0.3, -0.25) is 5.32 Å². The molecule has 2 rings (SSSR count). The first kappa shape index (κ1) is 18.7. The predicted molar refractivity (Wildman–Crippen MR) is 84.3 cm³/mol. The summed E-state index contributed by atoms with van der Waals surface area (Å²) in [4.78, 5) is 11.8. The van der Waals surface area contributed by atoms with Crippen LogP contribution in [0.15, 0.2) is 42.5 Å². The molecule has 0 heterocycles. The quantitative estimate of drug-likeness (QED) is 0.786. The molecule has 0 bridgehead atoms. The van der Waals surface area contributed by atoms with Gasteiger partial charge in [-0.2, -0.15) is 13.2 Å². The molecule has 4 nitrogen and oxygen atoms in total. The Labute approximate surface area is 141 Å². The maximum absolute atomic E-state index is 14.0. The van der Waals surface area contributed by atoms with Gasteiger partial charge in [0.25, 0.3) is 0 Å². The Morgan fingerprint density at radius 1 is 1.24 bits per heavy atom. The number of alkyl halides is 3. The molecule has 0 aliphatic carbocycles. The van der Waals surface area contributed by atoms with Crippen LogP contribution in [0.5, 0.6) is 0 Å². The second kappa shape index (κ2) is 7.52. The van der Waals surface area contributed by atoms with Crippen LogP contribution >= 0.6 is 0 Å². The molecule has 0 saturated heterocycles. The summed E-state index contributed by atoms with van der Waals surface area (Å²) in [6.45, 7) is 1.29. The molecule has 1 atom stereocenters. The van der Waals surface area contributed by atoms with Gasteiger partial charge in [-0.05, 0) is 24.6 Å². The van der Waals surface area contributed by atoms with Crippen LogP contribution in [0, 0.1) is 5.82 Å². The van der Waals surface area contributed by atoms with E-state index in [-0.39, 0.29) is 17.9 Å². The Kier molecular flexibility index (Phi) is 5.63. The Hall–Kier alpha value is -2.61. The number of ether oxygens (including phenoxy) is 1. The molecule has 0 aromatic heterocycles. The van der Waals surface area contributed by atoms with Crippen molar-refractivity contribution in [2.24, 2.45) is 5.73 Å². The fraction of sp³-hybridized carbons (Fsp3) is 0.235. The third kappa shape index (κ3) is 4.93. The molecule has 0 aliphatic heterocycles. The normalized spacial score (nSPS) is 12.6. The van der Waals surface area contributed by atoms with Gasteiger partial charge in [0.15, 0.2) is 0 Å². The summed E-state index contributed by atoms with van der Waals surface area (Å²) in [5.41, 5.74) is 4.12. The van der Waals surface area contributed by atoms with Crippen LogP contribution in [0.25, 0.3) is 0 Å². The molecular weight excluding hydrogens is 340 g/mol. The lowest BCUT2D eigenvalue weighted by atomic mass is 10.0. The van der Waals surface area contributed by atoms with E-state index in [2.05, 4.69) is 5.32 Å². The summed E-state index contributed by atoms with van der Waals surface area (Å²) < 4.78 is 57.8. The maximum atomic E-state index is 14.0.